The summed E-state index contributed by atoms with van der Waals surface area (Å²) >= 11 is 0. The van der Waals surface area contributed by atoms with Crippen molar-refractivity contribution in [1.82, 2.24) is 9.72 Å². The Hall–Kier alpha value is -3.86. The normalized spacial score (nSPS) is 11.6. The van der Waals surface area contributed by atoms with Gasteiger partial charge in [0.1, 0.15) is 11.5 Å². The van der Waals surface area contributed by atoms with Gasteiger partial charge in [-0.1, -0.05) is 5.16 Å². The molecule has 2 heterocycles. The molecule has 0 N–H and O–H groups in total. The second-order valence-electron chi connectivity index (χ2n) is 6.84. The molecule has 0 saturated carbocycles. The number of carbonyl (C=O) groups excluding carboxylic acids is 2. The molecule has 0 fully saturated rings. The van der Waals surface area contributed by atoms with Gasteiger partial charge in [0.25, 0.3) is 0 Å². The number of esters is 1. The van der Waals surface area contributed by atoms with Gasteiger partial charge in [0, 0.05) is 23.0 Å². The van der Waals surface area contributed by atoms with Crippen LogP contribution in [0.25, 0.3) is 5.82 Å². The summed E-state index contributed by atoms with van der Waals surface area (Å²) in [6.45, 7) is 6.57. The van der Waals surface area contributed by atoms with Crippen molar-refractivity contribution in [2.45, 2.75) is 33.8 Å². The highest BCUT2D eigenvalue weighted by atomic mass is 16.6. The molecule has 0 amide bonds. The molecule has 0 radical (unpaired) electrons. The molecular formula is C22H21N3O5. The molecule has 0 aliphatic carbocycles. The van der Waals surface area contributed by atoms with Crippen LogP contribution in [0, 0.1) is 32.1 Å². The fraction of sp³-hybridized carbons (Fsp3) is 0.273. The largest absolute Gasteiger partial charge is 0.479 e. The highest BCUT2D eigenvalue weighted by molar-refractivity contribution is 5.99. The maximum absolute atomic E-state index is 12.6. The molecule has 1 atom stereocenters. The summed E-state index contributed by atoms with van der Waals surface area (Å²) in [5.74, 6) is 0.692. The molecule has 3 aromatic rings. The fourth-order valence-electron chi connectivity index (χ4n) is 3.05. The molecule has 8 nitrogen and oxygen atoms in total. The Morgan fingerprint density at radius 3 is 2.50 bits per heavy atom. The van der Waals surface area contributed by atoms with E-state index in [0.717, 1.165) is 5.69 Å². The molecule has 0 unspecified atom stereocenters. The van der Waals surface area contributed by atoms with Crippen LogP contribution >= 0.6 is 0 Å². The summed E-state index contributed by atoms with van der Waals surface area (Å²) in [5, 5.41) is 12.8. The Labute approximate surface area is 173 Å². The van der Waals surface area contributed by atoms with E-state index < -0.39 is 18.7 Å². The number of aryl methyl sites for hydroxylation is 2. The van der Waals surface area contributed by atoms with Gasteiger partial charge >= 0.3 is 5.97 Å². The van der Waals surface area contributed by atoms with Crippen molar-refractivity contribution in [2.75, 3.05) is 6.61 Å². The molecular weight excluding hydrogens is 386 g/mol. The maximum Gasteiger partial charge on any atom is 0.347 e. The van der Waals surface area contributed by atoms with Crippen molar-refractivity contribution in [2.24, 2.45) is 0 Å². The van der Waals surface area contributed by atoms with Crippen LogP contribution in [-0.4, -0.2) is 34.2 Å². The van der Waals surface area contributed by atoms with E-state index in [1.807, 2.05) is 17.6 Å². The predicted octanol–water partition coefficient (Wildman–Crippen LogP) is 3.46. The molecule has 0 spiro atoms. The number of hydrogen-bond donors (Lipinski definition) is 0. The van der Waals surface area contributed by atoms with E-state index in [9.17, 15) is 9.59 Å². The zero-order chi connectivity index (χ0) is 21.8. The second-order valence-corrected chi connectivity index (χ2v) is 6.84. The summed E-state index contributed by atoms with van der Waals surface area (Å²) in [6, 6.07) is 11.9. The van der Waals surface area contributed by atoms with E-state index in [-0.39, 0.29) is 5.78 Å². The second kappa shape index (κ2) is 8.66. The molecule has 0 bridgehead atoms. The number of nitriles is 1. The number of hydrogen-bond acceptors (Lipinski definition) is 7. The SMILES string of the molecule is Cc1cc(-n2c(C)cc(C(=O)COC(=O)[C@@H](C)Oc3ccc(C#N)cc3)c2C)no1. The molecule has 8 heteroatoms. The van der Waals surface area contributed by atoms with Gasteiger partial charge in [0.05, 0.1) is 11.6 Å². The Bertz CT molecular complexity index is 1120. The van der Waals surface area contributed by atoms with Crippen LogP contribution in [0.5, 0.6) is 5.75 Å². The number of ether oxygens (including phenoxy) is 2. The number of rotatable bonds is 7. The lowest BCUT2D eigenvalue weighted by molar-refractivity contribution is -0.149. The van der Waals surface area contributed by atoms with Gasteiger partial charge in [-0.15, -0.1) is 0 Å². The molecule has 0 aliphatic heterocycles. The number of ketones is 1. The number of benzene rings is 1. The number of nitrogens with zero attached hydrogens (tertiary/aromatic N) is 3. The van der Waals surface area contributed by atoms with Crippen LogP contribution in [0.4, 0.5) is 0 Å². The fourth-order valence-corrected chi connectivity index (χ4v) is 3.05. The quantitative estimate of drug-likeness (QED) is 0.436. The zero-order valence-electron chi connectivity index (χ0n) is 17.1. The molecule has 1 aromatic carbocycles. The van der Waals surface area contributed by atoms with Crippen molar-refractivity contribution in [3.05, 3.63) is 64.7 Å². The minimum absolute atomic E-state index is 0.325. The average molecular weight is 407 g/mol. The summed E-state index contributed by atoms with van der Waals surface area (Å²) in [6.07, 6.45) is -0.906. The van der Waals surface area contributed by atoms with Gasteiger partial charge in [-0.2, -0.15) is 5.26 Å². The summed E-state index contributed by atoms with van der Waals surface area (Å²) in [7, 11) is 0. The van der Waals surface area contributed by atoms with Crippen LogP contribution < -0.4 is 4.74 Å². The minimum Gasteiger partial charge on any atom is -0.479 e. The molecule has 0 aliphatic rings. The van der Waals surface area contributed by atoms with Crippen molar-refractivity contribution >= 4 is 11.8 Å². The minimum atomic E-state index is -0.906. The summed E-state index contributed by atoms with van der Waals surface area (Å²) in [4.78, 5) is 24.8. The van der Waals surface area contributed by atoms with E-state index in [1.165, 1.54) is 6.92 Å². The van der Waals surface area contributed by atoms with Crippen molar-refractivity contribution in [3.8, 4) is 17.6 Å². The lowest BCUT2D eigenvalue weighted by Gasteiger charge is -2.13. The Morgan fingerprint density at radius 1 is 1.20 bits per heavy atom. The van der Waals surface area contributed by atoms with Crippen LogP contribution in [-0.2, 0) is 9.53 Å². The van der Waals surface area contributed by atoms with E-state index in [2.05, 4.69) is 5.16 Å². The van der Waals surface area contributed by atoms with Crippen molar-refractivity contribution in [3.63, 3.8) is 0 Å². The number of Topliss-reactive ketones (excluding diaryl/α,β-unsaturated/α-hetero) is 1. The van der Waals surface area contributed by atoms with Gasteiger partial charge in [-0.05, 0) is 58.0 Å². The first kappa shape index (κ1) is 20.9. The summed E-state index contributed by atoms with van der Waals surface area (Å²) < 4.78 is 17.6. The molecule has 3 rings (SSSR count). The van der Waals surface area contributed by atoms with E-state index in [4.69, 9.17) is 19.3 Å². The lowest BCUT2D eigenvalue weighted by atomic mass is 10.1. The van der Waals surface area contributed by atoms with E-state index in [0.29, 0.717) is 34.1 Å². The van der Waals surface area contributed by atoms with Crippen molar-refractivity contribution < 1.29 is 23.6 Å². The topological polar surface area (TPSA) is 107 Å². The molecule has 30 heavy (non-hydrogen) atoms. The molecule has 0 saturated heterocycles. The van der Waals surface area contributed by atoms with Gasteiger partial charge in [-0.25, -0.2) is 4.79 Å². The Kier molecular flexibility index (Phi) is 6.02. The monoisotopic (exact) mass is 407 g/mol. The standard InChI is InChI=1S/C22H21N3O5/c1-13-9-19(15(3)25(13)21-10-14(2)30-24-21)20(26)12-28-22(27)16(4)29-18-7-5-17(11-23)6-8-18/h5-10,16H,12H2,1-4H3/t16-/m1/s1. The number of carbonyl (C=O) groups is 2. The number of aromatic nitrogens is 2. The van der Waals surface area contributed by atoms with Crippen LogP contribution in [0.15, 0.2) is 40.9 Å². The first-order chi connectivity index (χ1) is 14.3. The first-order valence-corrected chi connectivity index (χ1v) is 9.29. The molecule has 154 valence electrons. The highest BCUT2D eigenvalue weighted by Crippen LogP contribution is 2.21. The van der Waals surface area contributed by atoms with Crippen LogP contribution in [0.2, 0.25) is 0 Å². The smallest absolute Gasteiger partial charge is 0.347 e. The third-order valence-electron chi connectivity index (χ3n) is 4.55. The van der Waals surface area contributed by atoms with E-state index in [1.54, 1.807) is 50.2 Å². The first-order valence-electron chi connectivity index (χ1n) is 9.29. The van der Waals surface area contributed by atoms with Gasteiger partial charge < -0.3 is 14.0 Å². The summed E-state index contributed by atoms with van der Waals surface area (Å²) in [5.41, 5.74) is 2.43. The molecule has 2 aromatic heterocycles. The van der Waals surface area contributed by atoms with Crippen molar-refractivity contribution in [1.29, 1.82) is 5.26 Å². The van der Waals surface area contributed by atoms with E-state index >= 15 is 0 Å². The third-order valence-corrected chi connectivity index (χ3v) is 4.55. The lowest BCUT2D eigenvalue weighted by Crippen LogP contribution is -2.28. The average Bonchev–Trinajstić information content (AvgIpc) is 3.28. The highest BCUT2D eigenvalue weighted by Gasteiger charge is 2.22. The van der Waals surface area contributed by atoms with Crippen LogP contribution in [0.1, 0.15) is 40.0 Å². The van der Waals surface area contributed by atoms with Gasteiger partial charge in [0.2, 0.25) is 5.78 Å². The predicted molar refractivity (Wildman–Crippen MR) is 107 cm³/mol. The van der Waals surface area contributed by atoms with Gasteiger partial charge in [0.15, 0.2) is 18.5 Å². The Morgan fingerprint density at radius 2 is 1.90 bits per heavy atom. The maximum atomic E-state index is 12.6. The van der Waals surface area contributed by atoms with Crippen LogP contribution in [0.3, 0.4) is 0 Å². The van der Waals surface area contributed by atoms with Gasteiger partial charge in [-0.3, -0.25) is 9.36 Å². The third kappa shape index (κ3) is 4.41. The zero-order valence-corrected chi connectivity index (χ0v) is 17.1. The Balaban J connectivity index is 1.62.